The number of rotatable bonds is 6. The van der Waals surface area contributed by atoms with E-state index >= 15 is 0 Å². The van der Waals surface area contributed by atoms with Crippen LogP contribution in [-0.2, 0) is 14.3 Å². The molecule has 2 atom stereocenters. The standard InChI is InChI=1S/C9H16O5/c1-3-6(4-8(11)12)7(5-10)9(13)14-2/h6-7,10H,3-5H2,1-2H3,(H,11,12). The molecule has 5 heteroatoms. The minimum Gasteiger partial charge on any atom is -0.481 e. The number of esters is 1. The van der Waals surface area contributed by atoms with Gasteiger partial charge in [-0.25, -0.2) is 0 Å². The van der Waals surface area contributed by atoms with E-state index in [0.717, 1.165) is 0 Å². The number of carbonyl (C=O) groups is 2. The van der Waals surface area contributed by atoms with E-state index in [4.69, 9.17) is 10.2 Å². The predicted molar refractivity (Wildman–Crippen MR) is 48.6 cm³/mol. The summed E-state index contributed by atoms with van der Waals surface area (Å²) in [7, 11) is 1.22. The van der Waals surface area contributed by atoms with E-state index in [1.807, 2.05) is 0 Å². The summed E-state index contributed by atoms with van der Waals surface area (Å²) in [5.74, 6) is -2.63. The van der Waals surface area contributed by atoms with Crippen molar-refractivity contribution in [2.75, 3.05) is 13.7 Å². The maximum absolute atomic E-state index is 11.1. The van der Waals surface area contributed by atoms with Gasteiger partial charge in [0.05, 0.1) is 19.6 Å². The first-order valence-corrected chi connectivity index (χ1v) is 4.47. The lowest BCUT2D eigenvalue weighted by molar-refractivity contribution is -0.150. The van der Waals surface area contributed by atoms with Gasteiger partial charge >= 0.3 is 11.9 Å². The van der Waals surface area contributed by atoms with Gasteiger partial charge in [0.25, 0.3) is 0 Å². The number of aliphatic hydroxyl groups is 1. The van der Waals surface area contributed by atoms with Gasteiger partial charge in [-0.2, -0.15) is 0 Å². The highest BCUT2D eigenvalue weighted by molar-refractivity contribution is 5.74. The van der Waals surface area contributed by atoms with Crippen LogP contribution in [0.5, 0.6) is 0 Å². The van der Waals surface area contributed by atoms with Gasteiger partial charge in [-0.05, 0) is 5.92 Å². The zero-order valence-corrected chi connectivity index (χ0v) is 8.40. The molecule has 0 saturated heterocycles. The molecule has 0 aromatic carbocycles. The highest BCUT2D eigenvalue weighted by atomic mass is 16.5. The molecule has 0 aromatic rings. The van der Waals surface area contributed by atoms with Crippen molar-refractivity contribution in [1.82, 2.24) is 0 Å². The maximum Gasteiger partial charge on any atom is 0.311 e. The predicted octanol–water partition coefficient (Wildman–Crippen LogP) is 0.269. The number of carboxylic acids is 1. The summed E-state index contributed by atoms with van der Waals surface area (Å²) in [6.45, 7) is 1.40. The van der Waals surface area contributed by atoms with Gasteiger partial charge < -0.3 is 14.9 Å². The molecule has 0 bridgehead atoms. The molecule has 0 aromatic heterocycles. The summed E-state index contributed by atoms with van der Waals surface area (Å²) >= 11 is 0. The molecular weight excluding hydrogens is 188 g/mol. The second-order valence-corrected chi connectivity index (χ2v) is 3.08. The smallest absolute Gasteiger partial charge is 0.311 e. The SMILES string of the molecule is CCC(CC(=O)O)C(CO)C(=O)OC. The topological polar surface area (TPSA) is 83.8 Å². The van der Waals surface area contributed by atoms with Gasteiger partial charge in [-0.1, -0.05) is 13.3 Å². The zero-order chi connectivity index (χ0) is 11.1. The minimum absolute atomic E-state index is 0.128. The van der Waals surface area contributed by atoms with E-state index in [1.165, 1.54) is 7.11 Å². The van der Waals surface area contributed by atoms with Gasteiger partial charge in [0.1, 0.15) is 0 Å². The first kappa shape index (κ1) is 12.9. The van der Waals surface area contributed by atoms with Crippen LogP contribution in [0.1, 0.15) is 19.8 Å². The van der Waals surface area contributed by atoms with Crippen molar-refractivity contribution in [2.45, 2.75) is 19.8 Å². The van der Waals surface area contributed by atoms with E-state index in [1.54, 1.807) is 6.92 Å². The number of hydrogen-bond donors (Lipinski definition) is 2. The molecule has 2 N–H and O–H groups in total. The number of ether oxygens (including phenoxy) is 1. The Morgan fingerprint density at radius 1 is 1.43 bits per heavy atom. The molecule has 0 aliphatic carbocycles. The van der Waals surface area contributed by atoms with Crippen molar-refractivity contribution in [3.63, 3.8) is 0 Å². The monoisotopic (exact) mass is 204 g/mol. The molecule has 0 fully saturated rings. The Hall–Kier alpha value is -1.10. The number of aliphatic carboxylic acids is 1. The average molecular weight is 204 g/mol. The molecule has 0 spiro atoms. The van der Waals surface area contributed by atoms with E-state index in [2.05, 4.69) is 4.74 Å². The molecule has 0 saturated carbocycles. The summed E-state index contributed by atoms with van der Waals surface area (Å²) in [6.07, 6.45) is 0.392. The lowest BCUT2D eigenvalue weighted by atomic mass is 9.88. The Balaban J connectivity index is 4.43. The fourth-order valence-electron chi connectivity index (χ4n) is 1.36. The molecular formula is C9H16O5. The summed E-state index contributed by atoms with van der Waals surface area (Å²) in [4.78, 5) is 21.6. The molecule has 5 nitrogen and oxygen atoms in total. The highest BCUT2D eigenvalue weighted by Crippen LogP contribution is 2.20. The number of aliphatic hydroxyl groups excluding tert-OH is 1. The number of carbonyl (C=O) groups excluding carboxylic acids is 1. The first-order chi connectivity index (χ1) is 6.56. The van der Waals surface area contributed by atoms with Crippen molar-refractivity contribution in [3.05, 3.63) is 0 Å². The van der Waals surface area contributed by atoms with Crippen LogP contribution in [0.3, 0.4) is 0 Å². The van der Waals surface area contributed by atoms with Crippen LogP contribution < -0.4 is 0 Å². The quantitative estimate of drug-likeness (QED) is 0.607. The molecule has 0 aliphatic heterocycles. The molecule has 0 amide bonds. The average Bonchev–Trinajstić information content (AvgIpc) is 2.16. The Kier molecular flexibility index (Phi) is 5.87. The van der Waals surface area contributed by atoms with Crippen LogP contribution in [0, 0.1) is 11.8 Å². The normalized spacial score (nSPS) is 14.5. The van der Waals surface area contributed by atoms with Crippen LogP contribution in [0.2, 0.25) is 0 Å². The van der Waals surface area contributed by atoms with Gasteiger partial charge in [0, 0.05) is 6.42 Å². The van der Waals surface area contributed by atoms with Crippen LogP contribution in [0.15, 0.2) is 0 Å². The van der Waals surface area contributed by atoms with Crippen molar-refractivity contribution in [3.8, 4) is 0 Å². The molecule has 0 heterocycles. The van der Waals surface area contributed by atoms with Crippen molar-refractivity contribution >= 4 is 11.9 Å². The Morgan fingerprint density at radius 3 is 2.29 bits per heavy atom. The van der Waals surface area contributed by atoms with Crippen LogP contribution in [-0.4, -0.2) is 35.9 Å². The molecule has 0 radical (unpaired) electrons. The zero-order valence-electron chi connectivity index (χ0n) is 8.40. The number of carboxylic acid groups (broad SMARTS) is 1. The van der Waals surface area contributed by atoms with Crippen molar-refractivity contribution < 1.29 is 24.5 Å². The van der Waals surface area contributed by atoms with E-state index in [-0.39, 0.29) is 18.9 Å². The molecule has 14 heavy (non-hydrogen) atoms. The first-order valence-electron chi connectivity index (χ1n) is 4.47. The number of methoxy groups -OCH3 is 1. The van der Waals surface area contributed by atoms with Crippen LogP contribution >= 0.6 is 0 Å². The third-order valence-corrected chi connectivity index (χ3v) is 2.23. The number of hydrogen-bond acceptors (Lipinski definition) is 4. The minimum atomic E-state index is -0.973. The van der Waals surface area contributed by atoms with Gasteiger partial charge in [-0.3, -0.25) is 9.59 Å². The highest BCUT2D eigenvalue weighted by Gasteiger charge is 2.28. The summed E-state index contributed by atoms with van der Waals surface area (Å²) in [5, 5.41) is 17.5. The lowest BCUT2D eigenvalue weighted by Crippen LogP contribution is -2.29. The maximum atomic E-state index is 11.1. The molecule has 0 rings (SSSR count). The summed E-state index contributed by atoms with van der Waals surface area (Å²) in [6, 6.07) is 0. The van der Waals surface area contributed by atoms with E-state index in [0.29, 0.717) is 6.42 Å². The van der Waals surface area contributed by atoms with Gasteiger partial charge in [-0.15, -0.1) is 0 Å². The van der Waals surface area contributed by atoms with E-state index in [9.17, 15) is 9.59 Å². The lowest BCUT2D eigenvalue weighted by Gasteiger charge is -2.20. The fourth-order valence-corrected chi connectivity index (χ4v) is 1.36. The summed E-state index contributed by atoms with van der Waals surface area (Å²) < 4.78 is 4.48. The second kappa shape index (κ2) is 6.37. The Bertz CT molecular complexity index is 201. The van der Waals surface area contributed by atoms with Crippen molar-refractivity contribution in [2.24, 2.45) is 11.8 Å². The Labute approximate surface area is 82.7 Å². The van der Waals surface area contributed by atoms with Gasteiger partial charge in [0.15, 0.2) is 0 Å². The van der Waals surface area contributed by atoms with Crippen LogP contribution in [0.25, 0.3) is 0 Å². The van der Waals surface area contributed by atoms with Crippen LogP contribution in [0.4, 0.5) is 0 Å². The molecule has 82 valence electrons. The summed E-state index contributed by atoms with van der Waals surface area (Å²) in [5.41, 5.74) is 0. The molecule has 0 aliphatic rings. The fraction of sp³-hybridized carbons (Fsp3) is 0.778. The molecule has 2 unspecified atom stereocenters. The largest absolute Gasteiger partial charge is 0.481 e. The Morgan fingerprint density at radius 2 is 2.00 bits per heavy atom. The second-order valence-electron chi connectivity index (χ2n) is 3.08. The third kappa shape index (κ3) is 3.74. The third-order valence-electron chi connectivity index (χ3n) is 2.23. The van der Waals surface area contributed by atoms with Crippen molar-refractivity contribution in [1.29, 1.82) is 0 Å². The van der Waals surface area contributed by atoms with Gasteiger partial charge in [0.2, 0.25) is 0 Å². The van der Waals surface area contributed by atoms with E-state index < -0.39 is 17.9 Å².